The van der Waals surface area contributed by atoms with E-state index in [2.05, 4.69) is 31.9 Å². The van der Waals surface area contributed by atoms with Crippen molar-refractivity contribution in [2.24, 2.45) is 11.5 Å². The van der Waals surface area contributed by atoms with Gasteiger partial charge in [-0.25, -0.2) is 0 Å². The third-order valence-electron chi connectivity index (χ3n) is 4.11. The molecule has 6 nitrogen and oxygen atoms in total. The summed E-state index contributed by atoms with van der Waals surface area (Å²) in [6.45, 7) is 0. The van der Waals surface area contributed by atoms with Gasteiger partial charge >= 0.3 is 0 Å². The van der Waals surface area contributed by atoms with E-state index in [1.54, 1.807) is 40.6 Å². The van der Waals surface area contributed by atoms with Crippen molar-refractivity contribution in [3.8, 4) is 23.0 Å². The monoisotopic (exact) mass is 488 g/mol. The second-order valence-electron chi connectivity index (χ2n) is 5.51. The number of nitrogens with two attached hydrogens (primary N) is 2. The molecular weight excluding hydrogens is 468 g/mol. The van der Waals surface area contributed by atoms with E-state index in [-0.39, 0.29) is 0 Å². The van der Waals surface area contributed by atoms with Crippen molar-refractivity contribution in [3.63, 3.8) is 0 Å². The molecule has 26 heavy (non-hydrogen) atoms. The van der Waals surface area contributed by atoms with Crippen molar-refractivity contribution in [3.05, 3.63) is 44.3 Å². The highest BCUT2D eigenvalue weighted by Gasteiger charge is 2.26. The normalized spacial score (nSPS) is 13.1. The lowest BCUT2D eigenvalue weighted by atomic mass is 9.93. The summed E-state index contributed by atoms with van der Waals surface area (Å²) in [6, 6.07) is 6.12. The van der Waals surface area contributed by atoms with Gasteiger partial charge in [-0.15, -0.1) is 0 Å². The van der Waals surface area contributed by atoms with Gasteiger partial charge in [0.2, 0.25) is 0 Å². The van der Waals surface area contributed by atoms with E-state index in [4.69, 9.17) is 30.4 Å². The zero-order valence-corrected chi connectivity index (χ0v) is 18.2. The number of ether oxygens (including phenoxy) is 4. The molecule has 0 bridgehead atoms. The lowest BCUT2D eigenvalue weighted by Crippen LogP contribution is -2.27. The zero-order chi connectivity index (χ0) is 19.4. The molecule has 2 rings (SSSR count). The number of rotatable bonds is 7. The summed E-state index contributed by atoms with van der Waals surface area (Å²) < 4.78 is 23.2. The Morgan fingerprint density at radius 3 is 1.19 bits per heavy atom. The Hall–Kier alpha value is -1.48. The largest absolute Gasteiger partial charge is 0.496 e. The van der Waals surface area contributed by atoms with Crippen LogP contribution in [0, 0.1) is 0 Å². The average Bonchev–Trinajstić information content (AvgIpc) is 2.66. The van der Waals surface area contributed by atoms with E-state index in [0.717, 1.165) is 20.1 Å². The molecule has 0 aliphatic carbocycles. The standard InChI is InChI=1S/C18H22Br2N2O4/c1-23-13-7-11(19)15(25-3)5-9(13)17(21)18(22)10-6-16(26-4)12(20)8-14(10)24-2/h5-8,17-18H,21-22H2,1-4H3. The SMILES string of the molecule is COc1cc(C(N)C(N)c2cc(OC)c(Br)cc2OC)c(OC)cc1Br. The molecule has 8 heteroatoms. The molecule has 4 N–H and O–H groups in total. The molecule has 0 radical (unpaired) electrons. The van der Waals surface area contributed by atoms with E-state index in [0.29, 0.717) is 23.0 Å². The van der Waals surface area contributed by atoms with Crippen molar-refractivity contribution in [1.29, 1.82) is 0 Å². The highest BCUT2D eigenvalue weighted by Crippen LogP contribution is 2.42. The Bertz CT molecular complexity index is 721. The van der Waals surface area contributed by atoms with Gasteiger partial charge in [-0.2, -0.15) is 0 Å². The van der Waals surface area contributed by atoms with Crippen LogP contribution >= 0.6 is 31.9 Å². The summed E-state index contributed by atoms with van der Waals surface area (Å²) in [4.78, 5) is 0. The Morgan fingerprint density at radius 2 is 0.923 bits per heavy atom. The number of benzene rings is 2. The van der Waals surface area contributed by atoms with Crippen LogP contribution in [-0.4, -0.2) is 28.4 Å². The first-order valence-electron chi connectivity index (χ1n) is 7.71. The highest BCUT2D eigenvalue weighted by atomic mass is 79.9. The molecule has 0 spiro atoms. The second kappa shape index (κ2) is 8.94. The number of methoxy groups -OCH3 is 4. The van der Waals surface area contributed by atoms with Crippen molar-refractivity contribution in [2.45, 2.75) is 12.1 Å². The molecule has 2 unspecified atom stereocenters. The Kier molecular flexibility index (Phi) is 7.16. The first kappa shape index (κ1) is 20.8. The van der Waals surface area contributed by atoms with E-state index in [1.807, 2.05) is 12.1 Å². The van der Waals surface area contributed by atoms with Gasteiger partial charge in [0.05, 0.1) is 49.5 Å². The van der Waals surface area contributed by atoms with Gasteiger partial charge in [0, 0.05) is 11.1 Å². The van der Waals surface area contributed by atoms with Gasteiger partial charge in [0.25, 0.3) is 0 Å². The average molecular weight is 490 g/mol. The van der Waals surface area contributed by atoms with Crippen LogP contribution < -0.4 is 30.4 Å². The number of hydrogen-bond donors (Lipinski definition) is 2. The fourth-order valence-corrected chi connectivity index (χ4v) is 3.64. The van der Waals surface area contributed by atoms with Gasteiger partial charge < -0.3 is 30.4 Å². The van der Waals surface area contributed by atoms with Crippen LogP contribution in [0.25, 0.3) is 0 Å². The van der Waals surface area contributed by atoms with Crippen molar-refractivity contribution >= 4 is 31.9 Å². The summed E-state index contributed by atoms with van der Waals surface area (Å²) in [7, 11) is 6.34. The molecule has 2 atom stereocenters. The zero-order valence-electron chi connectivity index (χ0n) is 15.0. The Morgan fingerprint density at radius 1 is 0.615 bits per heavy atom. The van der Waals surface area contributed by atoms with Crippen molar-refractivity contribution < 1.29 is 18.9 Å². The van der Waals surface area contributed by atoms with Crippen LogP contribution in [0.4, 0.5) is 0 Å². The maximum absolute atomic E-state index is 6.49. The molecule has 0 heterocycles. The van der Waals surface area contributed by atoms with Gasteiger partial charge in [-0.3, -0.25) is 0 Å². The summed E-state index contributed by atoms with van der Waals surface area (Å²) in [6.07, 6.45) is 0. The van der Waals surface area contributed by atoms with Crippen LogP contribution in [0.2, 0.25) is 0 Å². The number of hydrogen-bond acceptors (Lipinski definition) is 6. The first-order chi connectivity index (χ1) is 12.4. The summed E-state index contributed by atoms with van der Waals surface area (Å²) in [5.41, 5.74) is 14.4. The molecule has 142 valence electrons. The van der Waals surface area contributed by atoms with Crippen molar-refractivity contribution in [1.82, 2.24) is 0 Å². The highest BCUT2D eigenvalue weighted by molar-refractivity contribution is 9.10. The summed E-state index contributed by atoms with van der Waals surface area (Å²) >= 11 is 6.89. The van der Waals surface area contributed by atoms with E-state index in [1.165, 1.54) is 0 Å². The second-order valence-corrected chi connectivity index (χ2v) is 7.22. The Labute approximate surface area is 170 Å². The van der Waals surface area contributed by atoms with Crippen LogP contribution in [0.3, 0.4) is 0 Å². The van der Waals surface area contributed by atoms with Crippen LogP contribution in [0.15, 0.2) is 33.2 Å². The molecule has 0 saturated heterocycles. The minimum Gasteiger partial charge on any atom is -0.496 e. The molecular formula is C18H22Br2N2O4. The fraction of sp³-hybridized carbons (Fsp3) is 0.333. The predicted octanol–water partition coefficient (Wildman–Crippen LogP) is 3.95. The smallest absolute Gasteiger partial charge is 0.133 e. The van der Waals surface area contributed by atoms with Crippen LogP contribution in [-0.2, 0) is 0 Å². The third kappa shape index (κ3) is 4.09. The Balaban J connectivity index is 2.52. The van der Waals surface area contributed by atoms with Gasteiger partial charge in [0.15, 0.2) is 0 Å². The lowest BCUT2D eigenvalue weighted by Gasteiger charge is -2.25. The first-order valence-corrected chi connectivity index (χ1v) is 9.30. The van der Waals surface area contributed by atoms with Crippen LogP contribution in [0.1, 0.15) is 23.2 Å². The molecule has 0 aliphatic rings. The minimum atomic E-state index is -0.563. The maximum atomic E-state index is 6.49. The molecule has 0 saturated carbocycles. The molecule has 0 amide bonds. The quantitative estimate of drug-likeness (QED) is 0.612. The van der Waals surface area contributed by atoms with Gasteiger partial charge in [-0.05, 0) is 56.1 Å². The maximum Gasteiger partial charge on any atom is 0.133 e. The lowest BCUT2D eigenvalue weighted by molar-refractivity contribution is 0.380. The molecule has 0 aliphatic heterocycles. The molecule has 2 aromatic carbocycles. The van der Waals surface area contributed by atoms with E-state index < -0.39 is 12.1 Å². The third-order valence-corrected chi connectivity index (χ3v) is 5.35. The molecule has 0 fully saturated rings. The van der Waals surface area contributed by atoms with E-state index in [9.17, 15) is 0 Å². The van der Waals surface area contributed by atoms with Crippen molar-refractivity contribution in [2.75, 3.05) is 28.4 Å². The predicted molar refractivity (Wildman–Crippen MR) is 108 cm³/mol. The summed E-state index contributed by atoms with van der Waals surface area (Å²) in [5, 5.41) is 0. The minimum absolute atomic E-state index is 0.563. The molecule has 0 aromatic heterocycles. The number of halogens is 2. The van der Waals surface area contributed by atoms with Gasteiger partial charge in [0.1, 0.15) is 23.0 Å². The van der Waals surface area contributed by atoms with Crippen LogP contribution in [0.5, 0.6) is 23.0 Å². The molecule has 2 aromatic rings. The topological polar surface area (TPSA) is 89.0 Å². The van der Waals surface area contributed by atoms with Gasteiger partial charge in [-0.1, -0.05) is 0 Å². The van der Waals surface area contributed by atoms with E-state index >= 15 is 0 Å². The summed E-state index contributed by atoms with van der Waals surface area (Å²) in [5.74, 6) is 2.51. The fourth-order valence-electron chi connectivity index (χ4n) is 2.68.